The molecule has 1 heterocycles. The lowest BCUT2D eigenvalue weighted by atomic mass is 9.84. The molecule has 0 aromatic carbocycles. The predicted molar refractivity (Wildman–Crippen MR) is 73.7 cm³/mol. The second-order valence-electron chi connectivity index (χ2n) is 5.23. The van der Waals surface area contributed by atoms with Gasteiger partial charge in [-0.1, -0.05) is 32.3 Å². The maximum Gasteiger partial charge on any atom is 0.212 e. The minimum atomic E-state index is 0.683. The van der Waals surface area contributed by atoms with Gasteiger partial charge in [-0.15, -0.1) is 0 Å². The van der Waals surface area contributed by atoms with Crippen LogP contribution < -0.4 is 10.1 Å². The van der Waals surface area contributed by atoms with Crippen LogP contribution in [0.15, 0.2) is 18.3 Å². The van der Waals surface area contributed by atoms with Crippen molar-refractivity contribution in [3.63, 3.8) is 0 Å². The number of pyridine rings is 1. The van der Waals surface area contributed by atoms with Crippen molar-refractivity contribution < 1.29 is 4.74 Å². The Bertz CT molecular complexity index is 350. The van der Waals surface area contributed by atoms with Crippen LogP contribution >= 0.6 is 0 Å². The molecule has 0 amide bonds. The molecule has 0 aliphatic heterocycles. The number of aromatic nitrogens is 1. The standard InChI is InChI=1S/C15H24N2O/c1-3-12-5-4-6-14(9-12)16-10-13-7-8-15(18-2)17-11-13/h7-8,11-12,14,16H,3-6,9-10H2,1-2H3. The third kappa shape index (κ3) is 3.70. The SMILES string of the molecule is CCC1CCCC(NCc2ccc(OC)nc2)C1. The van der Waals surface area contributed by atoms with E-state index in [0.29, 0.717) is 11.9 Å². The summed E-state index contributed by atoms with van der Waals surface area (Å²) < 4.78 is 5.06. The number of nitrogens with zero attached hydrogens (tertiary/aromatic N) is 1. The molecule has 0 radical (unpaired) electrons. The molecular formula is C15H24N2O. The fourth-order valence-electron chi connectivity index (χ4n) is 2.75. The summed E-state index contributed by atoms with van der Waals surface area (Å²) in [6.07, 6.45) is 8.66. The van der Waals surface area contributed by atoms with Crippen molar-refractivity contribution in [3.8, 4) is 5.88 Å². The second-order valence-corrected chi connectivity index (χ2v) is 5.23. The predicted octanol–water partition coefficient (Wildman–Crippen LogP) is 3.15. The topological polar surface area (TPSA) is 34.1 Å². The van der Waals surface area contributed by atoms with Gasteiger partial charge in [0.2, 0.25) is 5.88 Å². The van der Waals surface area contributed by atoms with Gasteiger partial charge in [-0.05, 0) is 24.3 Å². The van der Waals surface area contributed by atoms with Gasteiger partial charge in [0, 0.05) is 24.8 Å². The first-order chi connectivity index (χ1) is 8.81. The third-order valence-corrected chi connectivity index (χ3v) is 3.96. The van der Waals surface area contributed by atoms with Gasteiger partial charge in [-0.2, -0.15) is 0 Å². The monoisotopic (exact) mass is 248 g/mol. The number of methoxy groups -OCH3 is 1. The first-order valence-electron chi connectivity index (χ1n) is 7.04. The molecule has 0 spiro atoms. The number of ether oxygens (including phenoxy) is 1. The number of nitrogens with one attached hydrogen (secondary N) is 1. The van der Waals surface area contributed by atoms with Crippen molar-refractivity contribution in [2.45, 2.75) is 51.6 Å². The second kappa shape index (κ2) is 6.74. The molecule has 100 valence electrons. The Kier molecular flexibility index (Phi) is 5.00. The van der Waals surface area contributed by atoms with Gasteiger partial charge < -0.3 is 10.1 Å². The summed E-state index contributed by atoms with van der Waals surface area (Å²) in [6, 6.07) is 4.69. The van der Waals surface area contributed by atoms with Gasteiger partial charge in [0.15, 0.2) is 0 Å². The Hall–Kier alpha value is -1.09. The molecule has 0 bridgehead atoms. The van der Waals surface area contributed by atoms with Gasteiger partial charge in [-0.25, -0.2) is 4.98 Å². The highest BCUT2D eigenvalue weighted by Crippen LogP contribution is 2.26. The molecule has 1 N–H and O–H groups in total. The van der Waals surface area contributed by atoms with E-state index in [9.17, 15) is 0 Å². The van der Waals surface area contributed by atoms with Crippen LogP contribution in [0.4, 0.5) is 0 Å². The minimum Gasteiger partial charge on any atom is -0.481 e. The smallest absolute Gasteiger partial charge is 0.212 e. The van der Waals surface area contributed by atoms with Crippen LogP contribution in [0.25, 0.3) is 0 Å². The molecule has 1 aromatic rings. The van der Waals surface area contributed by atoms with Crippen molar-refractivity contribution in [1.29, 1.82) is 0 Å². The van der Waals surface area contributed by atoms with Crippen LogP contribution in [0, 0.1) is 5.92 Å². The van der Waals surface area contributed by atoms with E-state index >= 15 is 0 Å². The van der Waals surface area contributed by atoms with E-state index in [2.05, 4.69) is 23.3 Å². The van der Waals surface area contributed by atoms with Crippen LogP contribution in [0.5, 0.6) is 5.88 Å². The zero-order valence-electron chi connectivity index (χ0n) is 11.5. The fourth-order valence-corrected chi connectivity index (χ4v) is 2.75. The maximum atomic E-state index is 5.06. The van der Waals surface area contributed by atoms with Gasteiger partial charge in [0.25, 0.3) is 0 Å². The summed E-state index contributed by atoms with van der Waals surface area (Å²) in [7, 11) is 1.65. The lowest BCUT2D eigenvalue weighted by molar-refractivity contribution is 0.278. The molecule has 3 heteroatoms. The van der Waals surface area contributed by atoms with Crippen LogP contribution in [0.3, 0.4) is 0 Å². The minimum absolute atomic E-state index is 0.683. The van der Waals surface area contributed by atoms with E-state index in [4.69, 9.17) is 4.74 Å². The normalized spacial score (nSPS) is 23.9. The average Bonchev–Trinajstić information content (AvgIpc) is 2.46. The molecule has 2 atom stereocenters. The summed E-state index contributed by atoms with van der Waals surface area (Å²) >= 11 is 0. The van der Waals surface area contributed by atoms with Gasteiger partial charge in [-0.3, -0.25) is 0 Å². The Balaban J connectivity index is 1.79. The van der Waals surface area contributed by atoms with E-state index in [0.717, 1.165) is 12.5 Å². The Morgan fingerprint density at radius 1 is 1.39 bits per heavy atom. The highest BCUT2D eigenvalue weighted by atomic mass is 16.5. The molecule has 1 fully saturated rings. The van der Waals surface area contributed by atoms with Crippen LogP contribution in [-0.2, 0) is 6.54 Å². The molecule has 2 unspecified atom stereocenters. The zero-order valence-corrected chi connectivity index (χ0v) is 11.5. The van der Waals surface area contributed by atoms with E-state index in [1.54, 1.807) is 7.11 Å². The largest absolute Gasteiger partial charge is 0.481 e. The Morgan fingerprint density at radius 3 is 2.94 bits per heavy atom. The molecule has 1 aliphatic carbocycles. The van der Waals surface area contributed by atoms with Crippen molar-refractivity contribution in [3.05, 3.63) is 23.9 Å². The summed E-state index contributed by atoms with van der Waals surface area (Å²) in [5.41, 5.74) is 1.23. The third-order valence-electron chi connectivity index (χ3n) is 3.96. The lowest BCUT2D eigenvalue weighted by Crippen LogP contribution is -2.33. The fraction of sp³-hybridized carbons (Fsp3) is 0.667. The van der Waals surface area contributed by atoms with E-state index in [1.807, 2.05) is 12.3 Å². The summed E-state index contributed by atoms with van der Waals surface area (Å²) in [5.74, 6) is 1.60. The van der Waals surface area contributed by atoms with Crippen LogP contribution in [-0.4, -0.2) is 18.1 Å². The van der Waals surface area contributed by atoms with E-state index < -0.39 is 0 Å². The number of hydrogen-bond donors (Lipinski definition) is 1. The highest BCUT2D eigenvalue weighted by molar-refractivity contribution is 5.17. The number of hydrogen-bond acceptors (Lipinski definition) is 3. The summed E-state index contributed by atoms with van der Waals surface area (Å²) in [4.78, 5) is 4.23. The van der Waals surface area contributed by atoms with Crippen LogP contribution in [0.1, 0.15) is 44.6 Å². The van der Waals surface area contributed by atoms with Gasteiger partial charge in [0.05, 0.1) is 7.11 Å². The van der Waals surface area contributed by atoms with Crippen molar-refractivity contribution in [2.24, 2.45) is 5.92 Å². The van der Waals surface area contributed by atoms with Crippen molar-refractivity contribution in [2.75, 3.05) is 7.11 Å². The van der Waals surface area contributed by atoms with Crippen molar-refractivity contribution in [1.82, 2.24) is 10.3 Å². The quantitative estimate of drug-likeness (QED) is 0.869. The number of rotatable bonds is 5. The van der Waals surface area contributed by atoms with E-state index in [1.165, 1.54) is 37.7 Å². The first kappa shape index (κ1) is 13.3. The van der Waals surface area contributed by atoms with Crippen molar-refractivity contribution >= 4 is 0 Å². The summed E-state index contributed by atoms with van der Waals surface area (Å²) in [5, 5.41) is 3.66. The highest BCUT2D eigenvalue weighted by Gasteiger charge is 2.19. The lowest BCUT2D eigenvalue weighted by Gasteiger charge is -2.29. The first-order valence-corrected chi connectivity index (χ1v) is 7.04. The average molecular weight is 248 g/mol. The van der Waals surface area contributed by atoms with E-state index in [-0.39, 0.29) is 0 Å². The Labute approximate surface area is 110 Å². The maximum absolute atomic E-state index is 5.06. The summed E-state index contributed by atoms with van der Waals surface area (Å²) in [6.45, 7) is 3.22. The Morgan fingerprint density at radius 2 is 2.28 bits per heavy atom. The molecule has 1 aliphatic rings. The van der Waals surface area contributed by atoms with Gasteiger partial charge in [0.1, 0.15) is 0 Å². The molecule has 18 heavy (non-hydrogen) atoms. The molecule has 3 nitrogen and oxygen atoms in total. The molecular weight excluding hydrogens is 224 g/mol. The van der Waals surface area contributed by atoms with Crippen LogP contribution in [0.2, 0.25) is 0 Å². The molecule has 2 rings (SSSR count). The zero-order chi connectivity index (χ0) is 12.8. The molecule has 0 saturated heterocycles. The molecule has 1 aromatic heterocycles. The van der Waals surface area contributed by atoms with Gasteiger partial charge >= 0.3 is 0 Å². The molecule has 1 saturated carbocycles.